The second kappa shape index (κ2) is 4.33. The zero-order valence-electron chi connectivity index (χ0n) is 9.40. The molecule has 1 atom stereocenters. The van der Waals surface area contributed by atoms with E-state index >= 15 is 0 Å². The van der Waals surface area contributed by atoms with Gasteiger partial charge in [0.05, 0.1) is 24.0 Å². The number of hydrogen-bond acceptors (Lipinski definition) is 3. The first-order chi connectivity index (χ1) is 7.22. The number of likely N-dealkylation sites (tertiary alicyclic amines) is 1. The van der Waals surface area contributed by atoms with Gasteiger partial charge in [0, 0.05) is 6.04 Å². The highest BCUT2D eigenvalue weighted by Crippen LogP contribution is 2.32. The van der Waals surface area contributed by atoms with Gasteiger partial charge in [0.25, 0.3) is 0 Å². The van der Waals surface area contributed by atoms with E-state index in [1.807, 2.05) is 6.07 Å². The minimum Gasteiger partial charge on any atom is -0.390 e. The fraction of sp³-hybridized carbons (Fsp3) is 0.727. The van der Waals surface area contributed by atoms with Crippen LogP contribution in [0.3, 0.4) is 0 Å². The first-order valence-corrected chi connectivity index (χ1v) is 5.63. The Bertz CT molecular complexity index is 321. The molecule has 0 spiro atoms. The number of hydrogen-bond donors (Lipinski definition) is 2. The summed E-state index contributed by atoms with van der Waals surface area (Å²) in [6, 6.07) is 2.97. The topological polar surface area (TPSA) is 52.1 Å². The zero-order chi connectivity index (χ0) is 10.8. The van der Waals surface area contributed by atoms with Crippen LogP contribution in [0.2, 0.25) is 0 Å². The molecule has 84 valence electrons. The maximum atomic E-state index is 8.98. The number of nitrogens with one attached hydrogen (secondary N) is 1. The van der Waals surface area contributed by atoms with E-state index < -0.39 is 0 Å². The number of aromatic amines is 1. The predicted octanol–water partition coefficient (Wildman–Crippen LogP) is 1.45. The summed E-state index contributed by atoms with van der Waals surface area (Å²) in [5.74, 6) is 0. The first-order valence-electron chi connectivity index (χ1n) is 5.63. The van der Waals surface area contributed by atoms with Gasteiger partial charge in [-0.2, -0.15) is 5.10 Å². The molecule has 1 aliphatic heterocycles. The third-order valence-corrected chi connectivity index (χ3v) is 3.12. The molecule has 0 radical (unpaired) electrons. The molecular formula is C11H19N3O. The van der Waals surface area contributed by atoms with Gasteiger partial charge < -0.3 is 5.11 Å². The van der Waals surface area contributed by atoms with Crippen LogP contribution in [-0.4, -0.2) is 32.8 Å². The Labute approximate surface area is 90.3 Å². The summed E-state index contributed by atoms with van der Waals surface area (Å²) in [5.41, 5.74) is 1.88. The molecule has 1 unspecified atom stereocenters. The number of aromatic nitrogens is 2. The minimum atomic E-state index is 0.0431. The molecule has 4 nitrogen and oxygen atoms in total. The summed E-state index contributed by atoms with van der Waals surface area (Å²) in [6.45, 7) is 5.64. The van der Waals surface area contributed by atoms with E-state index in [0.717, 1.165) is 17.9 Å². The number of rotatable bonds is 3. The molecule has 0 saturated carbocycles. The molecule has 0 amide bonds. The molecule has 15 heavy (non-hydrogen) atoms. The van der Waals surface area contributed by atoms with Gasteiger partial charge in [0.15, 0.2) is 0 Å². The molecule has 4 heteroatoms. The van der Waals surface area contributed by atoms with Crippen molar-refractivity contribution in [2.45, 2.75) is 45.4 Å². The van der Waals surface area contributed by atoms with Crippen LogP contribution in [0.5, 0.6) is 0 Å². The summed E-state index contributed by atoms with van der Waals surface area (Å²) in [4.78, 5) is 2.47. The van der Waals surface area contributed by atoms with Crippen molar-refractivity contribution >= 4 is 0 Å². The van der Waals surface area contributed by atoms with Crippen LogP contribution in [0.1, 0.15) is 44.1 Å². The maximum absolute atomic E-state index is 8.98. The first kappa shape index (κ1) is 10.6. The third-order valence-electron chi connectivity index (χ3n) is 3.12. The van der Waals surface area contributed by atoms with Crippen molar-refractivity contribution in [3.63, 3.8) is 0 Å². The molecule has 2 rings (SSSR count). The molecule has 0 aliphatic carbocycles. The minimum absolute atomic E-state index is 0.0431. The number of nitrogens with zero attached hydrogens (tertiary/aromatic N) is 2. The standard InChI is InChI=1S/C11H19N3O/c1-8(2)14-5-3-4-11(14)10-6-9(7-15)12-13-10/h6,8,11,15H,3-5,7H2,1-2H3,(H,12,13). The van der Waals surface area contributed by atoms with Crippen molar-refractivity contribution in [3.8, 4) is 0 Å². The largest absolute Gasteiger partial charge is 0.390 e. The van der Waals surface area contributed by atoms with Crippen LogP contribution in [0.25, 0.3) is 0 Å². The average Bonchev–Trinajstić information content (AvgIpc) is 2.85. The molecule has 1 fully saturated rings. The van der Waals surface area contributed by atoms with Gasteiger partial charge in [-0.15, -0.1) is 0 Å². The quantitative estimate of drug-likeness (QED) is 0.792. The van der Waals surface area contributed by atoms with Gasteiger partial charge in [-0.25, -0.2) is 0 Å². The van der Waals surface area contributed by atoms with Crippen molar-refractivity contribution in [1.29, 1.82) is 0 Å². The molecule has 2 heterocycles. The smallest absolute Gasteiger partial charge is 0.0847 e. The molecule has 1 aliphatic rings. The molecule has 1 aromatic heterocycles. The number of aliphatic hydroxyl groups is 1. The van der Waals surface area contributed by atoms with Crippen molar-refractivity contribution in [1.82, 2.24) is 15.1 Å². The lowest BCUT2D eigenvalue weighted by molar-refractivity contribution is 0.202. The zero-order valence-corrected chi connectivity index (χ0v) is 9.40. The average molecular weight is 209 g/mol. The molecule has 1 aromatic rings. The van der Waals surface area contributed by atoms with Crippen LogP contribution in [0.4, 0.5) is 0 Å². The van der Waals surface area contributed by atoms with Crippen molar-refractivity contribution in [2.24, 2.45) is 0 Å². The van der Waals surface area contributed by atoms with E-state index in [9.17, 15) is 0 Å². The number of H-pyrrole nitrogens is 1. The second-order valence-corrected chi connectivity index (χ2v) is 4.47. The summed E-state index contributed by atoms with van der Waals surface area (Å²) < 4.78 is 0. The molecular weight excluding hydrogens is 190 g/mol. The summed E-state index contributed by atoms with van der Waals surface area (Å²) in [5, 5.41) is 16.1. The Morgan fingerprint density at radius 2 is 2.47 bits per heavy atom. The fourth-order valence-corrected chi connectivity index (χ4v) is 2.36. The van der Waals surface area contributed by atoms with Crippen molar-refractivity contribution < 1.29 is 5.11 Å². The highest BCUT2D eigenvalue weighted by Gasteiger charge is 2.29. The van der Waals surface area contributed by atoms with Crippen LogP contribution >= 0.6 is 0 Å². The monoisotopic (exact) mass is 209 g/mol. The van der Waals surface area contributed by atoms with Gasteiger partial charge in [-0.3, -0.25) is 10.00 Å². The second-order valence-electron chi connectivity index (χ2n) is 4.47. The van der Waals surface area contributed by atoms with E-state index in [2.05, 4.69) is 28.9 Å². The Balaban J connectivity index is 2.15. The van der Waals surface area contributed by atoms with E-state index in [-0.39, 0.29) is 6.61 Å². The van der Waals surface area contributed by atoms with Crippen molar-refractivity contribution in [3.05, 3.63) is 17.5 Å². The van der Waals surface area contributed by atoms with Crippen LogP contribution in [-0.2, 0) is 6.61 Å². The van der Waals surface area contributed by atoms with Gasteiger partial charge in [0.2, 0.25) is 0 Å². The Morgan fingerprint density at radius 1 is 1.67 bits per heavy atom. The summed E-state index contributed by atoms with van der Waals surface area (Å²) in [7, 11) is 0. The fourth-order valence-electron chi connectivity index (χ4n) is 2.36. The third kappa shape index (κ3) is 2.06. The maximum Gasteiger partial charge on any atom is 0.0847 e. The molecule has 1 saturated heterocycles. The molecule has 2 N–H and O–H groups in total. The molecule has 0 aromatic carbocycles. The Morgan fingerprint density at radius 3 is 3.07 bits per heavy atom. The van der Waals surface area contributed by atoms with E-state index in [1.165, 1.54) is 12.8 Å². The van der Waals surface area contributed by atoms with Crippen LogP contribution in [0.15, 0.2) is 6.07 Å². The van der Waals surface area contributed by atoms with Crippen LogP contribution < -0.4 is 0 Å². The highest BCUT2D eigenvalue weighted by atomic mass is 16.3. The van der Waals surface area contributed by atoms with E-state index in [4.69, 9.17) is 5.11 Å². The van der Waals surface area contributed by atoms with Crippen LogP contribution in [0, 0.1) is 0 Å². The lowest BCUT2D eigenvalue weighted by Gasteiger charge is -2.26. The normalized spacial score (nSPS) is 22.8. The Hall–Kier alpha value is -0.870. The summed E-state index contributed by atoms with van der Waals surface area (Å²) >= 11 is 0. The van der Waals surface area contributed by atoms with Gasteiger partial charge in [0.1, 0.15) is 0 Å². The van der Waals surface area contributed by atoms with Gasteiger partial charge >= 0.3 is 0 Å². The van der Waals surface area contributed by atoms with Gasteiger partial charge in [-0.1, -0.05) is 0 Å². The van der Waals surface area contributed by atoms with E-state index in [1.54, 1.807) is 0 Å². The predicted molar refractivity (Wildman–Crippen MR) is 58.3 cm³/mol. The number of aliphatic hydroxyl groups excluding tert-OH is 1. The lowest BCUT2D eigenvalue weighted by atomic mass is 10.1. The summed E-state index contributed by atoms with van der Waals surface area (Å²) in [6.07, 6.45) is 2.41. The van der Waals surface area contributed by atoms with Gasteiger partial charge in [-0.05, 0) is 39.3 Å². The van der Waals surface area contributed by atoms with E-state index in [0.29, 0.717) is 12.1 Å². The van der Waals surface area contributed by atoms with Crippen molar-refractivity contribution in [2.75, 3.05) is 6.54 Å². The molecule has 0 bridgehead atoms. The highest BCUT2D eigenvalue weighted by molar-refractivity contribution is 5.13. The SMILES string of the molecule is CC(C)N1CCCC1c1cc(CO)[nH]n1. The Kier molecular flexibility index (Phi) is 3.07. The lowest BCUT2D eigenvalue weighted by Crippen LogP contribution is -2.30.